The average Bonchev–Trinajstić information content (AvgIpc) is 3.54. The minimum absolute atomic E-state index is 0.0892. The lowest BCUT2D eigenvalue weighted by Gasteiger charge is -2.13. The van der Waals surface area contributed by atoms with E-state index in [1.165, 1.54) is 15.6 Å². The molecule has 1 aliphatic heterocycles. The fourth-order valence-corrected chi connectivity index (χ4v) is 6.85. The molecule has 1 N–H and O–H groups in total. The number of para-hydroxylation sites is 1. The number of hydrogen-bond donors (Lipinski definition) is 1. The van der Waals surface area contributed by atoms with E-state index in [-0.39, 0.29) is 12.3 Å². The van der Waals surface area contributed by atoms with Gasteiger partial charge in [-0.3, -0.25) is 4.79 Å². The maximum atomic E-state index is 12.6. The van der Waals surface area contributed by atoms with Crippen molar-refractivity contribution in [2.45, 2.75) is 43.2 Å². The number of aromatic nitrogens is 2. The van der Waals surface area contributed by atoms with Gasteiger partial charge in [0.2, 0.25) is 5.91 Å². The third-order valence-corrected chi connectivity index (χ3v) is 9.05. The Morgan fingerprint density at radius 1 is 1.12 bits per heavy atom. The van der Waals surface area contributed by atoms with Crippen molar-refractivity contribution in [1.29, 1.82) is 0 Å². The number of amides is 1. The zero-order valence-electron chi connectivity index (χ0n) is 18.2. The van der Waals surface area contributed by atoms with E-state index in [0.29, 0.717) is 23.8 Å². The molecule has 1 amide bonds. The molecule has 0 unspecified atom stereocenters. The van der Waals surface area contributed by atoms with Crippen molar-refractivity contribution in [2.75, 3.05) is 19.6 Å². The molecule has 0 atom stereocenters. The van der Waals surface area contributed by atoms with Gasteiger partial charge in [0.15, 0.2) is 0 Å². The summed E-state index contributed by atoms with van der Waals surface area (Å²) in [7, 11) is -3.42. The van der Waals surface area contributed by atoms with E-state index in [0.717, 1.165) is 47.5 Å². The number of rotatable bonds is 9. The summed E-state index contributed by atoms with van der Waals surface area (Å²) in [6, 6.07) is 13.3. The van der Waals surface area contributed by atoms with Crippen LogP contribution in [0.2, 0.25) is 0 Å². The molecule has 1 aromatic carbocycles. The van der Waals surface area contributed by atoms with Crippen molar-refractivity contribution < 1.29 is 13.2 Å². The van der Waals surface area contributed by atoms with Crippen LogP contribution in [-0.4, -0.2) is 48.0 Å². The van der Waals surface area contributed by atoms with Gasteiger partial charge in [-0.05, 0) is 62.4 Å². The Hall–Kier alpha value is -2.49. The normalized spacial score (nSPS) is 14.7. The van der Waals surface area contributed by atoms with Crippen LogP contribution in [0, 0.1) is 6.92 Å². The van der Waals surface area contributed by atoms with Gasteiger partial charge in [0, 0.05) is 30.7 Å². The first kappa shape index (κ1) is 22.7. The Kier molecular flexibility index (Phi) is 7.07. The molecule has 3 heterocycles. The van der Waals surface area contributed by atoms with E-state index in [2.05, 4.69) is 10.4 Å². The van der Waals surface area contributed by atoms with Gasteiger partial charge >= 0.3 is 0 Å². The number of sulfonamides is 1. The zero-order chi connectivity index (χ0) is 22.6. The van der Waals surface area contributed by atoms with Crippen LogP contribution in [0.15, 0.2) is 52.9 Å². The van der Waals surface area contributed by atoms with Crippen molar-refractivity contribution in [1.82, 2.24) is 19.4 Å². The Morgan fingerprint density at radius 2 is 1.88 bits per heavy atom. The van der Waals surface area contributed by atoms with E-state index < -0.39 is 10.0 Å². The quantitative estimate of drug-likeness (QED) is 0.484. The van der Waals surface area contributed by atoms with E-state index in [1.807, 2.05) is 48.1 Å². The molecule has 1 aliphatic rings. The maximum Gasteiger partial charge on any atom is 0.252 e. The third kappa shape index (κ3) is 5.28. The van der Waals surface area contributed by atoms with E-state index in [4.69, 9.17) is 0 Å². The number of aryl methyl sites for hydroxylation is 2. The molecule has 0 saturated carbocycles. The molecule has 0 radical (unpaired) electrons. The fourth-order valence-electron chi connectivity index (χ4n) is 3.83. The predicted molar refractivity (Wildman–Crippen MR) is 126 cm³/mol. The summed E-state index contributed by atoms with van der Waals surface area (Å²) in [6.07, 6.45) is 5.70. The van der Waals surface area contributed by atoms with E-state index in [9.17, 15) is 13.2 Å². The van der Waals surface area contributed by atoms with Crippen LogP contribution in [-0.2, 0) is 27.7 Å². The van der Waals surface area contributed by atoms with Crippen molar-refractivity contribution in [3.05, 3.63) is 64.8 Å². The highest BCUT2D eigenvalue weighted by molar-refractivity contribution is 7.91. The highest BCUT2D eigenvalue weighted by atomic mass is 32.2. The van der Waals surface area contributed by atoms with Crippen LogP contribution in [0.5, 0.6) is 0 Å². The summed E-state index contributed by atoms with van der Waals surface area (Å²) in [4.78, 5) is 13.1. The molecule has 1 saturated heterocycles. The van der Waals surface area contributed by atoms with Crippen molar-refractivity contribution in [3.63, 3.8) is 0 Å². The second kappa shape index (κ2) is 9.97. The standard InChI is InChI=1S/C23H28N4O3S2/c1-18-19(17-27(25-18)20-9-3-2-4-10-20)8-7-13-24-22(28)16-21-11-12-23(31-21)32(29,30)26-14-5-6-15-26/h2-4,9-12,17H,5-8,13-16H2,1H3,(H,24,28). The third-order valence-electron chi connectivity index (χ3n) is 5.60. The zero-order valence-corrected chi connectivity index (χ0v) is 19.8. The van der Waals surface area contributed by atoms with Gasteiger partial charge < -0.3 is 5.32 Å². The van der Waals surface area contributed by atoms with Gasteiger partial charge in [-0.2, -0.15) is 9.40 Å². The second-order valence-corrected chi connectivity index (χ2v) is 11.3. The van der Waals surface area contributed by atoms with Crippen LogP contribution in [0.1, 0.15) is 35.4 Å². The summed E-state index contributed by atoms with van der Waals surface area (Å²) in [5.74, 6) is -0.0892. The van der Waals surface area contributed by atoms with Crippen LogP contribution >= 0.6 is 11.3 Å². The molecule has 4 rings (SSSR count). The predicted octanol–water partition coefficient (Wildman–Crippen LogP) is 3.32. The number of hydrogen-bond acceptors (Lipinski definition) is 5. The van der Waals surface area contributed by atoms with Gasteiger partial charge in [-0.15, -0.1) is 11.3 Å². The van der Waals surface area contributed by atoms with Gasteiger partial charge in [-0.1, -0.05) is 18.2 Å². The van der Waals surface area contributed by atoms with Crippen LogP contribution < -0.4 is 5.32 Å². The maximum absolute atomic E-state index is 12.6. The molecule has 3 aromatic rings. The van der Waals surface area contributed by atoms with Gasteiger partial charge in [0.05, 0.1) is 17.8 Å². The SMILES string of the molecule is Cc1nn(-c2ccccc2)cc1CCCNC(=O)Cc1ccc(S(=O)(=O)N2CCCC2)s1. The van der Waals surface area contributed by atoms with Crippen LogP contribution in [0.25, 0.3) is 5.69 Å². The van der Waals surface area contributed by atoms with E-state index in [1.54, 1.807) is 12.1 Å². The smallest absolute Gasteiger partial charge is 0.252 e. The van der Waals surface area contributed by atoms with E-state index >= 15 is 0 Å². The summed E-state index contributed by atoms with van der Waals surface area (Å²) in [5.41, 5.74) is 3.18. The first-order valence-corrected chi connectivity index (χ1v) is 13.2. The molecule has 7 nitrogen and oxygen atoms in total. The topological polar surface area (TPSA) is 84.3 Å². The molecule has 1 fully saturated rings. The Labute approximate surface area is 193 Å². The molecule has 170 valence electrons. The Balaban J connectivity index is 1.24. The van der Waals surface area contributed by atoms with Crippen LogP contribution in [0.4, 0.5) is 0 Å². The molecule has 9 heteroatoms. The van der Waals surface area contributed by atoms with Crippen molar-refractivity contribution in [3.8, 4) is 5.69 Å². The van der Waals surface area contributed by atoms with Gasteiger partial charge in [0.25, 0.3) is 10.0 Å². The number of carbonyl (C=O) groups excluding carboxylic acids is 1. The lowest BCUT2D eigenvalue weighted by atomic mass is 10.1. The molecule has 0 spiro atoms. The number of thiophene rings is 1. The van der Waals surface area contributed by atoms with Crippen molar-refractivity contribution >= 4 is 27.3 Å². The van der Waals surface area contributed by atoms with Gasteiger partial charge in [-0.25, -0.2) is 13.1 Å². The Morgan fingerprint density at radius 3 is 2.62 bits per heavy atom. The molecular weight excluding hydrogens is 444 g/mol. The van der Waals surface area contributed by atoms with Crippen molar-refractivity contribution in [2.24, 2.45) is 0 Å². The molecular formula is C23H28N4O3S2. The number of benzene rings is 1. The summed E-state index contributed by atoms with van der Waals surface area (Å²) >= 11 is 1.19. The highest BCUT2D eigenvalue weighted by Gasteiger charge is 2.28. The summed E-state index contributed by atoms with van der Waals surface area (Å²) in [6.45, 7) is 3.73. The second-order valence-electron chi connectivity index (χ2n) is 7.98. The number of carbonyl (C=O) groups is 1. The largest absolute Gasteiger partial charge is 0.356 e. The minimum Gasteiger partial charge on any atom is -0.356 e. The molecule has 0 bridgehead atoms. The summed E-state index contributed by atoms with van der Waals surface area (Å²) < 4.78 is 29.0. The highest BCUT2D eigenvalue weighted by Crippen LogP contribution is 2.27. The van der Waals surface area contributed by atoms with Crippen LogP contribution in [0.3, 0.4) is 0 Å². The molecule has 32 heavy (non-hydrogen) atoms. The minimum atomic E-state index is -3.42. The Bertz CT molecular complexity index is 1160. The lowest BCUT2D eigenvalue weighted by molar-refractivity contribution is -0.120. The lowest BCUT2D eigenvalue weighted by Crippen LogP contribution is -2.27. The first-order valence-electron chi connectivity index (χ1n) is 10.9. The average molecular weight is 473 g/mol. The first-order chi connectivity index (χ1) is 15.4. The fraction of sp³-hybridized carbons (Fsp3) is 0.391. The molecule has 2 aromatic heterocycles. The van der Waals surface area contributed by atoms with Gasteiger partial charge in [0.1, 0.15) is 4.21 Å². The molecule has 0 aliphatic carbocycles. The summed E-state index contributed by atoms with van der Waals surface area (Å²) in [5, 5.41) is 7.52. The monoisotopic (exact) mass is 472 g/mol. The number of nitrogens with zero attached hydrogens (tertiary/aromatic N) is 3. The number of nitrogens with one attached hydrogen (secondary N) is 1.